The lowest BCUT2D eigenvalue weighted by Crippen LogP contribution is -2.89. The number of fused-ring (bicyclic) bond motifs is 5. The van der Waals surface area contributed by atoms with Gasteiger partial charge in [0, 0.05) is 40.8 Å². The monoisotopic (exact) mass is 883 g/mol. The summed E-state index contributed by atoms with van der Waals surface area (Å²) < 4.78 is 54.9. The minimum atomic E-state index is -2.98. The Labute approximate surface area is 360 Å². The molecular weight excluding hydrogens is 834 g/mol. The Morgan fingerprint density at radius 3 is 1.92 bits per heavy atom. The summed E-state index contributed by atoms with van der Waals surface area (Å²) in [6.45, 7) is 6.37. The van der Waals surface area contributed by atoms with Crippen molar-refractivity contribution in [1.29, 1.82) is 0 Å². The van der Waals surface area contributed by atoms with Gasteiger partial charge in [-0.05, 0) is 57.9 Å². The summed E-state index contributed by atoms with van der Waals surface area (Å²) in [6.07, 6.45) is -12.0. The number of benzene rings is 1. The molecule has 4 aliphatic rings. The maximum absolute atomic E-state index is 14.5. The molecule has 2 aliphatic heterocycles. The molecule has 0 amide bonds. The fourth-order valence-corrected chi connectivity index (χ4v) is 9.73. The smallest absolute Gasteiger partial charge is 0.340 e. The first-order chi connectivity index (χ1) is 29.4. The maximum Gasteiger partial charge on any atom is 0.340 e. The van der Waals surface area contributed by atoms with Gasteiger partial charge < -0.3 is 52.8 Å². The summed E-state index contributed by atoms with van der Waals surface area (Å²) >= 11 is 0. The van der Waals surface area contributed by atoms with Gasteiger partial charge in [0.15, 0.2) is 35.6 Å². The summed E-state index contributed by atoms with van der Waals surface area (Å²) in [5.74, 6) is -10.5. The number of hydrogen-bond donors (Lipinski definition) is 2. The van der Waals surface area contributed by atoms with Gasteiger partial charge in [-0.1, -0.05) is 18.2 Å². The molecule has 12 atom stereocenters. The van der Waals surface area contributed by atoms with Gasteiger partial charge >= 0.3 is 47.8 Å². The van der Waals surface area contributed by atoms with Crippen LogP contribution in [0.3, 0.4) is 0 Å². The molecule has 2 aliphatic carbocycles. The Morgan fingerprint density at radius 2 is 1.33 bits per heavy atom. The van der Waals surface area contributed by atoms with E-state index in [0.29, 0.717) is 0 Å². The summed E-state index contributed by atoms with van der Waals surface area (Å²) in [7, 11) is 0. The number of pyridine rings is 1. The van der Waals surface area contributed by atoms with Gasteiger partial charge in [-0.15, -0.1) is 0 Å². The minimum Gasteiger partial charge on any atom is -0.465 e. The van der Waals surface area contributed by atoms with Crippen LogP contribution in [0.1, 0.15) is 88.2 Å². The molecule has 20 heteroatoms. The average Bonchev–Trinajstić information content (AvgIpc) is 3.42. The van der Waals surface area contributed by atoms with E-state index in [9.17, 15) is 48.6 Å². The van der Waals surface area contributed by atoms with Crippen LogP contribution in [-0.4, -0.2) is 135 Å². The molecule has 63 heavy (non-hydrogen) atoms. The molecule has 4 bridgehead atoms. The summed E-state index contributed by atoms with van der Waals surface area (Å²) in [4.78, 5) is 113. The molecule has 2 aromatic rings. The highest BCUT2D eigenvalue weighted by molar-refractivity contribution is 5.91. The molecule has 2 saturated carbocycles. The predicted octanol–water partition coefficient (Wildman–Crippen LogP) is 1.27. The molecule has 20 nitrogen and oxygen atoms in total. The normalized spacial score (nSPS) is 35.8. The number of aryl methyl sites for hydroxylation is 1. The van der Waals surface area contributed by atoms with Crippen molar-refractivity contribution in [2.45, 2.75) is 127 Å². The van der Waals surface area contributed by atoms with Crippen LogP contribution in [-0.2, 0) is 77.8 Å². The zero-order valence-corrected chi connectivity index (χ0v) is 35.8. The number of hydrogen-bond acceptors (Lipinski definition) is 20. The van der Waals surface area contributed by atoms with E-state index in [1.165, 1.54) is 49.5 Å². The summed E-state index contributed by atoms with van der Waals surface area (Å²) in [6, 6.07) is 10.1. The Balaban J connectivity index is 1.79. The minimum absolute atomic E-state index is 0.0847. The number of ether oxygens (including phenoxy) is 9. The fraction of sp³-hybridized carbons (Fsp3) is 0.558. The quantitative estimate of drug-likeness (QED) is 0.279. The number of carbonyl (C=O) groups excluding carboxylic acids is 8. The summed E-state index contributed by atoms with van der Waals surface area (Å²) in [5, 5.41) is 25.4. The second kappa shape index (κ2) is 16.9. The van der Waals surface area contributed by atoms with Crippen LogP contribution in [0.15, 0.2) is 48.7 Å². The Bertz CT molecular complexity index is 2190. The van der Waals surface area contributed by atoms with Crippen LogP contribution >= 0.6 is 0 Å². The lowest BCUT2D eigenvalue weighted by Gasteiger charge is -2.67. The molecule has 0 radical (unpaired) electrons. The van der Waals surface area contributed by atoms with E-state index in [1.807, 2.05) is 0 Å². The van der Waals surface area contributed by atoms with Crippen LogP contribution in [0.25, 0.3) is 0 Å². The third kappa shape index (κ3) is 7.99. The van der Waals surface area contributed by atoms with E-state index >= 15 is 0 Å². The second-order valence-electron chi connectivity index (χ2n) is 16.7. The molecule has 1 aromatic carbocycles. The largest absolute Gasteiger partial charge is 0.465 e. The molecule has 2 N–H and O–H groups in total. The number of cyclic esters (lactones) is 1. The number of carbonyl (C=O) groups is 8. The molecule has 6 rings (SSSR count). The Morgan fingerprint density at radius 1 is 0.746 bits per heavy atom. The third-order valence-electron chi connectivity index (χ3n) is 12.2. The van der Waals surface area contributed by atoms with Gasteiger partial charge in [0.25, 0.3) is 0 Å². The van der Waals surface area contributed by atoms with Gasteiger partial charge in [0.1, 0.15) is 42.0 Å². The van der Waals surface area contributed by atoms with Gasteiger partial charge in [0.2, 0.25) is 0 Å². The highest BCUT2D eigenvalue weighted by Gasteiger charge is 2.92. The molecule has 4 unspecified atom stereocenters. The lowest BCUT2D eigenvalue weighted by atomic mass is 9.45. The highest BCUT2D eigenvalue weighted by Crippen LogP contribution is 2.70. The van der Waals surface area contributed by atoms with Crippen molar-refractivity contribution in [2.24, 2.45) is 11.3 Å². The van der Waals surface area contributed by atoms with Crippen molar-refractivity contribution < 1.29 is 91.2 Å². The first kappa shape index (κ1) is 46.5. The number of esters is 8. The van der Waals surface area contributed by atoms with Crippen molar-refractivity contribution in [3.05, 3.63) is 65.5 Å². The molecule has 1 saturated heterocycles. The van der Waals surface area contributed by atoms with Gasteiger partial charge in [0.05, 0.1) is 22.7 Å². The van der Waals surface area contributed by atoms with E-state index in [0.717, 1.165) is 48.5 Å². The fourth-order valence-electron chi connectivity index (χ4n) is 9.73. The van der Waals surface area contributed by atoms with Crippen molar-refractivity contribution in [3.8, 4) is 0 Å². The molecule has 340 valence electrons. The average molecular weight is 884 g/mol. The molecule has 3 heterocycles. The van der Waals surface area contributed by atoms with E-state index < -0.39 is 138 Å². The molecule has 1 aromatic heterocycles. The maximum atomic E-state index is 14.5. The topological polar surface area (TPSA) is 273 Å². The molecule has 1 spiro atoms. The summed E-state index contributed by atoms with van der Waals surface area (Å²) in [5.41, 5.74) is -13.3. The van der Waals surface area contributed by atoms with Crippen LogP contribution in [0, 0.1) is 11.3 Å². The van der Waals surface area contributed by atoms with Crippen molar-refractivity contribution in [1.82, 2.24) is 4.98 Å². The standard InChI is InChI=1S/C43H49NO19/c1-21(45)55-20-42-34(59-24(4)48)30(57-22(2)46)29-32(58-23(3)47)43(42)41(8,54)33(31(35(42)60-25(5)49)61-36(50)26-13-10-9-11-14-26)62-38(52)39(6,53)17-16-28-27(15-12-18-44-28)37(51)56-19-40(29,7)63-43/h9-15,18,29-35,53-54H,16-17,19-20H2,1-8H3/t29-,30-,31+,32?,33+,34-,35+,39?,40?,41+,42-,43?/m1/s1. The first-order valence-corrected chi connectivity index (χ1v) is 20.0. The van der Waals surface area contributed by atoms with Crippen molar-refractivity contribution >= 4 is 47.8 Å². The molecular formula is C43H49NO19. The van der Waals surface area contributed by atoms with Crippen molar-refractivity contribution in [2.75, 3.05) is 13.2 Å². The van der Waals surface area contributed by atoms with Crippen LogP contribution in [0.4, 0.5) is 0 Å². The number of rotatable bonds is 8. The van der Waals surface area contributed by atoms with E-state index in [1.54, 1.807) is 6.07 Å². The number of aromatic nitrogens is 1. The Hall–Kier alpha value is -5.99. The highest BCUT2D eigenvalue weighted by atomic mass is 16.7. The lowest BCUT2D eigenvalue weighted by molar-refractivity contribution is -0.386. The zero-order valence-electron chi connectivity index (χ0n) is 35.8. The number of nitrogens with zero attached hydrogens (tertiary/aromatic N) is 1. The SMILES string of the molecule is CC(=O)OC[C@]12[C@H](OC(C)=O)[C@H](OC(C)=O)[C@@H]3C(OC(C)=O)C14OC3(C)COC(=O)c1cccnc1CCC(C)(O)C(=O)O[C@@H]([C@H](OC(=O)c1ccccc1)[C@@H]2OC(C)=O)[C@]4(C)O. The first-order valence-electron chi connectivity index (χ1n) is 20.0. The van der Waals surface area contributed by atoms with Crippen LogP contribution in [0.5, 0.6) is 0 Å². The van der Waals surface area contributed by atoms with Gasteiger partial charge in [-0.2, -0.15) is 0 Å². The van der Waals surface area contributed by atoms with Crippen LogP contribution < -0.4 is 0 Å². The van der Waals surface area contributed by atoms with E-state index in [4.69, 9.17) is 42.6 Å². The molecule has 3 fully saturated rings. The van der Waals surface area contributed by atoms with Crippen molar-refractivity contribution in [3.63, 3.8) is 0 Å². The van der Waals surface area contributed by atoms with Crippen LogP contribution in [0.2, 0.25) is 0 Å². The van der Waals surface area contributed by atoms with Gasteiger partial charge in [-0.25, -0.2) is 14.4 Å². The Kier molecular flexibility index (Phi) is 12.5. The van der Waals surface area contributed by atoms with E-state index in [2.05, 4.69) is 4.98 Å². The second-order valence-corrected chi connectivity index (χ2v) is 16.7. The van der Waals surface area contributed by atoms with Gasteiger partial charge in [-0.3, -0.25) is 29.0 Å². The number of aliphatic hydroxyl groups is 2. The zero-order chi connectivity index (χ0) is 46.4. The van der Waals surface area contributed by atoms with E-state index in [-0.39, 0.29) is 23.2 Å². The predicted molar refractivity (Wildman–Crippen MR) is 207 cm³/mol. The third-order valence-corrected chi connectivity index (χ3v) is 12.2.